The first-order valence-corrected chi connectivity index (χ1v) is 10.3. The minimum Gasteiger partial charge on any atom is -0.383 e. The Kier molecular flexibility index (Phi) is 7.40. The zero-order valence-corrected chi connectivity index (χ0v) is 15.8. The molecule has 0 spiro atoms. The standard InChI is InChI=1S/C18H28N2O4S/c1-14(13-24-2)20-25(22,23)17-11-9-15(10-12-17)18(21)19-16-7-5-3-4-6-8-16/h9-12,14,16,20H,3-8,13H2,1-2H3,(H,19,21)/t14-/m0/s1. The molecule has 1 fully saturated rings. The predicted octanol–water partition coefficient (Wildman–Crippen LogP) is 2.45. The van der Waals surface area contributed by atoms with Gasteiger partial charge in [0.15, 0.2) is 0 Å². The number of hydrogen-bond acceptors (Lipinski definition) is 4. The smallest absolute Gasteiger partial charge is 0.251 e. The van der Waals surface area contributed by atoms with Crippen molar-refractivity contribution in [2.75, 3.05) is 13.7 Å². The second-order valence-electron chi connectivity index (χ2n) is 6.66. The fourth-order valence-corrected chi connectivity index (χ4v) is 4.32. The molecular formula is C18H28N2O4S. The van der Waals surface area contributed by atoms with Crippen LogP contribution >= 0.6 is 0 Å². The van der Waals surface area contributed by atoms with E-state index in [-0.39, 0.29) is 22.9 Å². The van der Waals surface area contributed by atoms with Crippen molar-refractivity contribution in [1.29, 1.82) is 0 Å². The quantitative estimate of drug-likeness (QED) is 0.724. The summed E-state index contributed by atoms with van der Waals surface area (Å²) in [5.41, 5.74) is 0.480. The highest BCUT2D eigenvalue weighted by molar-refractivity contribution is 7.89. The Morgan fingerprint density at radius 1 is 1.16 bits per heavy atom. The number of benzene rings is 1. The predicted molar refractivity (Wildman–Crippen MR) is 97.1 cm³/mol. The Balaban J connectivity index is 1.99. The summed E-state index contributed by atoms with van der Waals surface area (Å²) in [4.78, 5) is 12.5. The number of methoxy groups -OCH3 is 1. The van der Waals surface area contributed by atoms with Gasteiger partial charge in [-0.25, -0.2) is 13.1 Å². The topological polar surface area (TPSA) is 84.5 Å². The summed E-state index contributed by atoms with van der Waals surface area (Å²) in [5, 5.41) is 3.06. The van der Waals surface area contributed by atoms with E-state index in [0.29, 0.717) is 12.2 Å². The number of carbonyl (C=O) groups is 1. The van der Waals surface area contributed by atoms with Crippen LogP contribution in [0.25, 0.3) is 0 Å². The van der Waals surface area contributed by atoms with Crippen LogP contribution < -0.4 is 10.0 Å². The number of carbonyl (C=O) groups excluding carboxylic acids is 1. The molecule has 6 nitrogen and oxygen atoms in total. The summed E-state index contributed by atoms with van der Waals surface area (Å²) < 4.78 is 32.1. The first-order chi connectivity index (χ1) is 11.9. The Bertz CT molecular complexity index is 650. The lowest BCUT2D eigenvalue weighted by atomic mass is 10.1. The molecule has 7 heteroatoms. The Morgan fingerprint density at radius 2 is 1.76 bits per heavy atom. The summed E-state index contributed by atoms with van der Waals surface area (Å²) in [6.07, 6.45) is 6.78. The van der Waals surface area contributed by atoms with Crippen molar-refractivity contribution in [2.24, 2.45) is 0 Å². The molecule has 1 saturated carbocycles. The van der Waals surface area contributed by atoms with Gasteiger partial charge in [-0.15, -0.1) is 0 Å². The van der Waals surface area contributed by atoms with Crippen molar-refractivity contribution in [3.63, 3.8) is 0 Å². The zero-order valence-electron chi connectivity index (χ0n) is 15.0. The van der Waals surface area contributed by atoms with Crippen LogP contribution in [0.2, 0.25) is 0 Å². The van der Waals surface area contributed by atoms with Crippen molar-refractivity contribution in [2.45, 2.75) is 62.4 Å². The van der Waals surface area contributed by atoms with Gasteiger partial charge in [-0.1, -0.05) is 25.7 Å². The monoisotopic (exact) mass is 368 g/mol. The van der Waals surface area contributed by atoms with Gasteiger partial charge in [-0.05, 0) is 44.0 Å². The van der Waals surface area contributed by atoms with Crippen molar-refractivity contribution in [3.8, 4) is 0 Å². The lowest BCUT2D eigenvalue weighted by Crippen LogP contribution is -2.36. The van der Waals surface area contributed by atoms with Gasteiger partial charge in [0, 0.05) is 24.8 Å². The van der Waals surface area contributed by atoms with Crippen LogP contribution in [0.15, 0.2) is 29.2 Å². The average Bonchev–Trinajstić information content (AvgIpc) is 2.83. The molecule has 0 aromatic heterocycles. The van der Waals surface area contributed by atoms with E-state index in [9.17, 15) is 13.2 Å². The molecule has 2 rings (SSSR count). The van der Waals surface area contributed by atoms with Gasteiger partial charge in [0.2, 0.25) is 10.0 Å². The van der Waals surface area contributed by atoms with Gasteiger partial charge in [0.05, 0.1) is 11.5 Å². The Hall–Kier alpha value is -1.44. The number of amides is 1. The van der Waals surface area contributed by atoms with Crippen molar-refractivity contribution in [3.05, 3.63) is 29.8 Å². The fourth-order valence-electron chi connectivity index (χ4n) is 3.09. The second kappa shape index (κ2) is 9.31. The summed E-state index contributed by atoms with van der Waals surface area (Å²) >= 11 is 0. The number of rotatable bonds is 7. The van der Waals surface area contributed by atoms with E-state index >= 15 is 0 Å². The minimum absolute atomic E-state index is 0.140. The largest absolute Gasteiger partial charge is 0.383 e. The molecule has 0 bridgehead atoms. The lowest BCUT2D eigenvalue weighted by molar-refractivity contribution is 0.0933. The van der Waals surface area contributed by atoms with E-state index in [1.807, 2.05) is 0 Å². The molecule has 0 heterocycles. The molecule has 1 amide bonds. The third-order valence-corrected chi connectivity index (χ3v) is 6.00. The van der Waals surface area contributed by atoms with Gasteiger partial charge < -0.3 is 10.1 Å². The fraction of sp³-hybridized carbons (Fsp3) is 0.611. The van der Waals surface area contributed by atoms with E-state index < -0.39 is 10.0 Å². The van der Waals surface area contributed by atoms with Crippen LogP contribution in [0.5, 0.6) is 0 Å². The molecule has 1 aromatic rings. The molecule has 1 aliphatic carbocycles. The maximum absolute atomic E-state index is 12.4. The average molecular weight is 368 g/mol. The van der Waals surface area contributed by atoms with Gasteiger partial charge in [-0.2, -0.15) is 0 Å². The van der Waals surface area contributed by atoms with Crippen LogP contribution in [0.4, 0.5) is 0 Å². The molecule has 25 heavy (non-hydrogen) atoms. The van der Waals surface area contributed by atoms with E-state index in [2.05, 4.69) is 10.0 Å². The molecule has 0 aliphatic heterocycles. The number of hydrogen-bond donors (Lipinski definition) is 2. The maximum Gasteiger partial charge on any atom is 0.251 e. The summed E-state index contributed by atoms with van der Waals surface area (Å²) in [6, 6.07) is 5.93. The maximum atomic E-state index is 12.4. The van der Waals surface area contributed by atoms with Crippen molar-refractivity contribution >= 4 is 15.9 Å². The number of ether oxygens (including phenoxy) is 1. The molecule has 140 valence electrons. The normalized spacial score (nSPS) is 17.7. The molecule has 0 unspecified atom stereocenters. The first-order valence-electron chi connectivity index (χ1n) is 8.84. The van der Waals surface area contributed by atoms with Crippen LogP contribution in [0, 0.1) is 0 Å². The highest BCUT2D eigenvalue weighted by Gasteiger charge is 2.19. The second-order valence-corrected chi connectivity index (χ2v) is 8.38. The highest BCUT2D eigenvalue weighted by atomic mass is 32.2. The third-order valence-electron chi connectivity index (χ3n) is 4.39. The summed E-state index contributed by atoms with van der Waals surface area (Å²) in [5.74, 6) is -0.142. The molecule has 1 aliphatic rings. The number of nitrogens with one attached hydrogen (secondary N) is 2. The number of sulfonamides is 1. The van der Waals surface area contributed by atoms with E-state index in [1.54, 1.807) is 19.1 Å². The van der Waals surface area contributed by atoms with Crippen LogP contribution in [0.3, 0.4) is 0 Å². The Labute approximate surface area is 150 Å². The summed E-state index contributed by atoms with van der Waals surface area (Å²) in [7, 11) is -2.10. The van der Waals surface area contributed by atoms with E-state index in [1.165, 1.54) is 32.1 Å². The molecule has 1 aromatic carbocycles. The van der Waals surface area contributed by atoms with Gasteiger partial charge >= 0.3 is 0 Å². The molecule has 0 saturated heterocycles. The van der Waals surface area contributed by atoms with Gasteiger partial charge in [0.1, 0.15) is 0 Å². The zero-order chi connectivity index (χ0) is 18.3. The highest BCUT2D eigenvalue weighted by Crippen LogP contribution is 2.18. The van der Waals surface area contributed by atoms with Crippen LogP contribution in [-0.2, 0) is 14.8 Å². The molecule has 1 atom stereocenters. The van der Waals surface area contributed by atoms with Crippen LogP contribution in [-0.4, -0.2) is 40.1 Å². The first kappa shape index (κ1) is 19.9. The van der Waals surface area contributed by atoms with Gasteiger partial charge in [0.25, 0.3) is 5.91 Å². The van der Waals surface area contributed by atoms with Gasteiger partial charge in [-0.3, -0.25) is 4.79 Å². The van der Waals surface area contributed by atoms with Crippen molar-refractivity contribution in [1.82, 2.24) is 10.0 Å². The Morgan fingerprint density at radius 3 is 2.32 bits per heavy atom. The summed E-state index contributed by atoms with van der Waals surface area (Å²) in [6.45, 7) is 2.02. The van der Waals surface area contributed by atoms with Crippen molar-refractivity contribution < 1.29 is 17.9 Å². The van der Waals surface area contributed by atoms with E-state index in [4.69, 9.17) is 4.74 Å². The molecular weight excluding hydrogens is 340 g/mol. The van der Waals surface area contributed by atoms with E-state index in [0.717, 1.165) is 25.7 Å². The molecule has 2 N–H and O–H groups in total. The third kappa shape index (κ3) is 6.09. The molecule has 0 radical (unpaired) electrons. The lowest BCUT2D eigenvalue weighted by Gasteiger charge is -2.16. The van der Waals surface area contributed by atoms with Crippen LogP contribution in [0.1, 0.15) is 55.8 Å². The minimum atomic E-state index is -3.62. The SMILES string of the molecule is COC[C@H](C)NS(=O)(=O)c1ccc(C(=O)NC2CCCCCC2)cc1.